The van der Waals surface area contributed by atoms with Crippen LogP contribution < -0.4 is 4.74 Å². The lowest BCUT2D eigenvalue weighted by Crippen LogP contribution is -2.25. The average Bonchev–Trinajstić information content (AvgIpc) is 2.84. The summed E-state index contributed by atoms with van der Waals surface area (Å²) < 4.78 is 19.1. The summed E-state index contributed by atoms with van der Waals surface area (Å²) in [5, 5.41) is 0. The Kier molecular flexibility index (Phi) is 4.37. The van der Waals surface area contributed by atoms with Crippen LogP contribution in [-0.4, -0.2) is 31.1 Å². The highest BCUT2D eigenvalue weighted by Crippen LogP contribution is 2.18. The van der Waals surface area contributed by atoms with E-state index >= 15 is 0 Å². The molecule has 2 rings (SSSR count). The van der Waals surface area contributed by atoms with Crippen LogP contribution >= 0.6 is 0 Å². The molecule has 0 aliphatic carbocycles. The number of benzene rings is 1. The fourth-order valence-corrected chi connectivity index (χ4v) is 2.17. The molecule has 0 radical (unpaired) electrons. The normalized spacial score (nSPS) is 16.4. The number of hydrogen-bond acceptors (Lipinski definition) is 2. The maximum Gasteiger partial charge on any atom is 0.165 e. The van der Waals surface area contributed by atoms with E-state index in [0.29, 0.717) is 12.4 Å². The summed E-state index contributed by atoms with van der Waals surface area (Å²) in [5.41, 5.74) is 1.01. The van der Waals surface area contributed by atoms with E-state index in [1.165, 1.54) is 12.8 Å². The minimum absolute atomic E-state index is 0.245. The SMILES string of the molecule is CCc1ccc(OCCN2CCCC2)c(F)c1. The topological polar surface area (TPSA) is 12.5 Å². The Balaban J connectivity index is 1.81. The third-order valence-electron chi connectivity index (χ3n) is 3.27. The molecular formula is C14H20FNO. The first kappa shape index (κ1) is 12.4. The molecule has 0 aromatic heterocycles. The predicted molar refractivity (Wildman–Crippen MR) is 66.9 cm³/mol. The first-order valence-electron chi connectivity index (χ1n) is 6.43. The minimum atomic E-state index is -0.245. The molecule has 0 N–H and O–H groups in total. The molecule has 0 bridgehead atoms. The first-order valence-corrected chi connectivity index (χ1v) is 6.43. The van der Waals surface area contributed by atoms with Crippen LogP contribution in [0.1, 0.15) is 25.3 Å². The predicted octanol–water partition coefficient (Wildman–Crippen LogP) is 2.86. The van der Waals surface area contributed by atoms with Crippen LogP contribution in [0, 0.1) is 5.82 Å². The molecule has 0 spiro atoms. The van der Waals surface area contributed by atoms with Gasteiger partial charge >= 0.3 is 0 Å². The summed E-state index contributed by atoms with van der Waals surface area (Å²) in [6.45, 7) is 5.79. The van der Waals surface area contributed by atoms with Crippen LogP contribution in [0.3, 0.4) is 0 Å². The second kappa shape index (κ2) is 6.01. The maximum atomic E-state index is 13.6. The summed E-state index contributed by atoms with van der Waals surface area (Å²) in [6, 6.07) is 5.22. The Labute approximate surface area is 102 Å². The van der Waals surface area contributed by atoms with Crippen molar-refractivity contribution in [3.8, 4) is 5.75 Å². The maximum absolute atomic E-state index is 13.6. The van der Waals surface area contributed by atoms with Gasteiger partial charge in [-0.2, -0.15) is 0 Å². The van der Waals surface area contributed by atoms with Gasteiger partial charge in [-0.25, -0.2) is 4.39 Å². The molecule has 17 heavy (non-hydrogen) atoms. The Morgan fingerprint density at radius 3 is 2.71 bits per heavy atom. The molecule has 1 fully saturated rings. The highest BCUT2D eigenvalue weighted by atomic mass is 19.1. The van der Waals surface area contributed by atoms with E-state index in [1.54, 1.807) is 12.1 Å². The van der Waals surface area contributed by atoms with Gasteiger partial charge in [-0.3, -0.25) is 4.90 Å². The number of likely N-dealkylation sites (tertiary alicyclic amines) is 1. The van der Waals surface area contributed by atoms with Crippen LogP contribution in [0.4, 0.5) is 4.39 Å². The Bertz CT molecular complexity index is 361. The van der Waals surface area contributed by atoms with E-state index in [-0.39, 0.29) is 5.82 Å². The monoisotopic (exact) mass is 237 g/mol. The van der Waals surface area contributed by atoms with Crippen molar-refractivity contribution in [1.82, 2.24) is 4.90 Å². The molecule has 1 saturated heterocycles. The fraction of sp³-hybridized carbons (Fsp3) is 0.571. The quantitative estimate of drug-likeness (QED) is 0.780. The molecule has 0 atom stereocenters. The summed E-state index contributed by atoms with van der Waals surface area (Å²) >= 11 is 0. The third kappa shape index (κ3) is 3.43. The zero-order valence-corrected chi connectivity index (χ0v) is 10.4. The number of hydrogen-bond donors (Lipinski definition) is 0. The summed E-state index contributed by atoms with van der Waals surface area (Å²) in [5.74, 6) is 0.132. The van der Waals surface area contributed by atoms with Crippen molar-refractivity contribution in [2.45, 2.75) is 26.2 Å². The molecule has 1 aromatic carbocycles. The van der Waals surface area contributed by atoms with Gasteiger partial charge in [-0.15, -0.1) is 0 Å². The van der Waals surface area contributed by atoms with Gasteiger partial charge < -0.3 is 4.74 Å². The van der Waals surface area contributed by atoms with Gasteiger partial charge in [0, 0.05) is 6.54 Å². The van der Waals surface area contributed by atoms with Crippen LogP contribution in [0.5, 0.6) is 5.75 Å². The average molecular weight is 237 g/mol. The molecule has 2 nitrogen and oxygen atoms in total. The fourth-order valence-electron chi connectivity index (χ4n) is 2.17. The lowest BCUT2D eigenvalue weighted by molar-refractivity contribution is 0.231. The van der Waals surface area contributed by atoms with Crippen molar-refractivity contribution in [2.75, 3.05) is 26.2 Å². The second-order valence-electron chi connectivity index (χ2n) is 4.52. The van der Waals surface area contributed by atoms with Gasteiger partial charge in [-0.1, -0.05) is 13.0 Å². The van der Waals surface area contributed by atoms with Gasteiger partial charge in [0.2, 0.25) is 0 Å². The Morgan fingerprint density at radius 2 is 2.06 bits per heavy atom. The molecule has 3 heteroatoms. The highest BCUT2D eigenvalue weighted by Gasteiger charge is 2.11. The third-order valence-corrected chi connectivity index (χ3v) is 3.27. The molecule has 1 aliphatic heterocycles. The summed E-state index contributed by atoms with van der Waals surface area (Å²) in [7, 11) is 0. The second-order valence-corrected chi connectivity index (χ2v) is 4.52. The van der Waals surface area contributed by atoms with Crippen LogP contribution in [0.15, 0.2) is 18.2 Å². The lowest BCUT2D eigenvalue weighted by Gasteiger charge is -2.15. The van der Waals surface area contributed by atoms with Crippen molar-refractivity contribution < 1.29 is 9.13 Å². The standard InChI is InChI=1S/C14H20FNO/c1-2-12-5-6-14(13(15)11-12)17-10-9-16-7-3-4-8-16/h5-6,11H,2-4,7-10H2,1H3. The zero-order valence-electron chi connectivity index (χ0n) is 10.4. The number of aryl methyl sites for hydroxylation is 1. The van der Waals surface area contributed by atoms with Crippen molar-refractivity contribution in [2.24, 2.45) is 0 Å². The molecule has 0 unspecified atom stereocenters. The molecule has 0 amide bonds. The summed E-state index contributed by atoms with van der Waals surface area (Å²) in [4.78, 5) is 2.36. The van der Waals surface area contributed by atoms with E-state index < -0.39 is 0 Å². The molecule has 94 valence electrons. The largest absolute Gasteiger partial charge is 0.489 e. The van der Waals surface area contributed by atoms with Gasteiger partial charge in [0.05, 0.1) is 0 Å². The smallest absolute Gasteiger partial charge is 0.165 e. The Morgan fingerprint density at radius 1 is 1.29 bits per heavy atom. The number of rotatable bonds is 5. The Hall–Kier alpha value is -1.09. The first-order chi connectivity index (χ1) is 8.29. The molecular weight excluding hydrogens is 217 g/mol. The van der Waals surface area contributed by atoms with Crippen molar-refractivity contribution in [3.05, 3.63) is 29.6 Å². The van der Waals surface area contributed by atoms with Crippen LogP contribution in [-0.2, 0) is 6.42 Å². The number of nitrogens with zero attached hydrogens (tertiary/aromatic N) is 1. The molecule has 0 saturated carbocycles. The molecule has 1 heterocycles. The summed E-state index contributed by atoms with van der Waals surface area (Å²) in [6.07, 6.45) is 3.41. The molecule has 1 aliphatic rings. The number of ether oxygens (including phenoxy) is 1. The van der Waals surface area contributed by atoms with E-state index in [0.717, 1.165) is 31.6 Å². The van der Waals surface area contributed by atoms with Gasteiger partial charge in [-0.05, 0) is 50.0 Å². The van der Waals surface area contributed by atoms with Gasteiger partial charge in [0.15, 0.2) is 11.6 Å². The number of halogens is 1. The van der Waals surface area contributed by atoms with Gasteiger partial charge in [0.1, 0.15) is 6.61 Å². The molecule has 1 aromatic rings. The van der Waals surface area contributed by atoms with Crippen molar-refractivity contribution in [1.29, 1.82) is 0 Å². The van der Waals surface area contributed by atoms with Crippen molar-refractivity contribution >= 4 is 0 Å². The zero-order chi connectivity index (χ0) is 12.1. The van der Waals surface area contributed by atoms with Crippen LogP contribution in [0.2, 0.25) is 0 Å². The highest BCUT2D eigenvalue weighted by molar-refractivity contribution is 5.29. The van der Waals surface area contributed by atoms with E-state index in [4.69, 9.17) is 4.74 Å². The van der Waals surface area contributed by atoms with Crippen LogP contribution in [0.25, 0.3) is 0 Å². The van der Waals surface area contributed by atoms with E-state index in [2.05, 4.69) is 4.90 Å². The van der Waals surface area contributed by atoms with E-state index in [9.17, 15) is 4.39 Å². The van der Waals surface area contributed by atoms with Crippen molar-refractivity contribution in [3.63, 3.8) is 0 Å². The van der Waals surface area contributed by atoms with Gasteiger partial charge in [0.25, 0.3) is 0 Å². The minimum Gasteiger partial charge on any atom is -0.489 e. The van der Waals surface area contributed by atoms with E-state index in [1.807, 2.05) is 13.0 Å². The lowest BCUT2D eigenvalue weighted by atomic mass is 10.1.